The highest BCUT2D eigenvalue weighted by atomic mass is 32.2. The van der Waals surface area contributed by atoms with Gasteiger partial charge in [-0.3, -0.25) is 0 Å². The molecule has 0 spiro atoms. The van der Waals surface area contributed by atoms with Gasteiger partial charge in [-0.2, -0.15) is 4.31 Å². The Hall–Kier alpha value is -1.13. The van der Waals surface area contributed by atoms with Crippen molar-refractivity contribution >= 4 is 10.0 Å². The van der Waals surface area contributed by atoms with Crippen LogP contribution in [-0.2, 0) is 10.0 Å². The van der Waals surface area contributed by atoms with Crippen molar-refractivity contribution in [2.75, 3.05) is 13.1 Å². The van der Waals surface area contributed by atoms with Gasteiger partial charge < -0.3 is 0 Å². The number of sulfonamides is 1. The van der Waals surface area contributed by atoms with E-state index in [9.17, 15) is 8.42 Å². The van der Waals surface area contributed by atoms with Gasteiger partial charge in [0.1, 0.15) is 0 Å². The lowest BCUT2D eigenvalue weighted by Gasteiger charge is -2.16. The van der Waals surface area contributed by atoms with Crippen molar-refractivity contribution in [3.8, 4) is 0 Å². The average Bonchev–Trinajstić information content (AvgIpc) is 2.78. The maximum atomic E-state index is 12.3. The van der Waals surface area contributed by atoms with Crippen LogP contribution in [0.4, 0.5) is 0 Å². The highest BCUT2D eigenvalue weighted by molar-refractivity contribution is 7.89. The van der Waals surface area contributed by atoms with Gasteiger partial charge in [-0.05, 0) is 31.4 Å². The molecule has 0 unspecified atom stereocenters. The monoisotopic (exact) mass is 251 g/mol. The van der Waals surface area contributed by atoms with Crippen molar-refractivity contribution in [1.82, 2.24) is 4.31 Å². The maximum absolute atomic E-state index is 12.3. The molecule has 1 aromatic rings. The van der Waals surface area contributed by atoms with Crippen LogP contribution in [0.1, 0.15) is 12.0 Å². The molecule has 92 valence electrons. The van der Waals surface area contributed by atoms with Crippen LogP contribution >= 0.6 is 0 Å². The first-order valence-electron chi connectivity index (χ1n) is 5.73. The molecule has 0 radical (unpaired) electrons. The van der Waals surface area contributed by atoms with E-state index < -0.39 is 10.0 Å². The first-order chi connectivity index (χ1) is 8.04. The van der Waals surface area contributed by atoms with Crippen molar-refractivity contribution in [2.24, 2.45) is 5.92 Å². The van der Waals surface area contributed by atoms with E-state index in [1.165, 1.54) is 0 Å². The number of rotatable bonds is 3. The molecule has 1 aliphatic heterocycles. The van der Waals surface area contributed by atoms with Gasteiger partial charge in [-0.1, -0.05) is 23.8 Å². The maximum Gasteiger partial charge on any atom is 0.243 e. The van der Waals surface area contributed by atoms with Gasteiger partial charge in [0.25, 0.3) is 0 Å². The van der Waals surface area contributed by atoms with E-state index in [2.05, 4.69) is 6.58 Å². The summed E-state index contributed by atoms with van der Waals surface area (Å²) in [7, 11) is -3.31. The molecule has 17 heavy (non-hydrogen) atoms. The lowest BCUT2D eigenvalue weighted by molar-refractivity contribution is 0.470. The highest BCUT2D eigenvalue weighted by Crippen LogP contribution is 2.24. The van der Waals surface area contributed by atoms with Crippen LogP contribution in [-0.4, -0.2) is 25.8 Å². The number of aryl methyl sites for hydroxylation is 1. The smallest absolute Gasteiger partial charge is 0.207 e. The SMILES string of the molecule is C=C[C@@H]1CCN(S(=O)(=O)c2ccc(C)cc2)C1. The van der Waals surface area contributed by atoms with Crippen LogP contribution in [0.25, 0.3) is 0 Å². The minimum Gasteiger partial charge on any atom is -0.207 e. The Morgan fingerprint density at radius 1 is 1.35 bits per heavy atom. The van der Waals surface area contributed by atoms with E-state index in [4.69, 9.17) is 0 Å². The van der Waals surface area contributed by atoms with Crippen LogP contribution in [0, 0.1) is 12.8 Å². The second-order valence-electron chi connectivity index (χ2n) is 4.46. The third-order valence-electron chi connectivity index (χ3n) is 3.18. The summed E-state index contributed by atoms with van der Waals surface area (Å²) in [5, 5.41) is 0. The fourth-order valence-electron chi connectivity index (χ4n) is 2.02. The van der Waals surface area contributed by atoms with Crippen molar-refractivity contribution in [1.29, 1.82) is 0 Å². The fraction of sp³-hybridized carbons (Fsp3) is 0.385. The van der Waals surface area contributed by atoms with E-state index in [-0.39, 0.29) is 5.92 Å². The Balaban J connectivity index is 2.25. The van der Waals surface area contributed by atoms with E-state index in [0.29, 0.717) is 18.0 Å². The Morgan fingerprint density at radius 2 is 2.00 bits per heavy atom. The van der Waals surface area contributed by atoms with Crippen LogP contribution in [0.5, 0.6) is 0 Å². The molecule has 2 rings (SSSR count). The Morgan fingerprint density at radius 3 is 2.53 bits per heavy atom. The van der Waals surface area contributed by atoms with Crippen LogP contribution in [0.15, 0.2) is 41.8 Å². The molecular formula is C13H17NO2S. The Labute approximate surface area is 103 Å². The average molecular weight is 251 g/mol. The first kappa shape index (κ1) is 12.3. The third-order valence-corrected chi connectivity index (χ3v) is 5.06. The molecule has 1 fully saturated rings. The van der Waals surface area contributed by atoms with Crippen molar-refractivity contribution < 1.29 is 8.42 Å². The molecule has 0 amide bonds. The molecule has 1 aromatic carbocycles. The van der Waals surface area contributed by atoms with Crippen molar-refractivity contribution in [2.45, 2.75) is 18.2 Å². The molecule has 1 heterocycles. The summed E-state index contributed by atoms with van der Waals surface area (Å²) in [6.07, 6.45) is 2.71. The standard InChI is InChI=1S/C13H17NO2S/c1-3-12-8-9-14(10-12)17(15,16)13-6-4-11(2)5-7-13/h3-7,12H,1,8-10H2,2H3/t12-/m1/s1. The quantitative estimate of drug-likeness (QED) is 0.772. The summed E-state index contributed by atoms with van der Waals surface area (Å²) < 4.78 is 26.1. The second kappa shape index (κ2) is 4.63. The van der Waals surface area contributed by atoms with Gasteiger partial charge in [0.2, 0.25) is 10.0 Å². The van der Waals surface area contributed by atoms with E-state index >= 15 is 0 Å². The van der Waals surface area contributed by atoms with Gasteiger partial charge in [-0.15, -0.1) is 6.58 Å². The van der Waals surface area contributed by atoms with Crippen LogP contribution in [0.3, 0.4) is 0 Å². The van der Waals surface area contributed by atoms with E-state index in [1.54, 1.807) is 16.4 Å². The molecule has 0 saturated carbocycles. The molecule has 3 nitrogen and oxygen atoms in total. The Bertz CT molecular complexity index is 505. The summed E-state index contributed by atoms with van der Waals surface area (Å²) in [4.78, 5) is 0.382. The van der Waals surface area contributed by atoms with Gasteiger partial charge in [-0.25, -0.2) is 8.42 Å². The zero-order valence-electron chi connectivity index (χ0n) is 9.96. The molecule has 0 aliphatic carbocycles. The van der Waals surface area contributed by atoms with E-state index in [0.717, 1.165) is 12.0 Å². The predicted molar refractivity (Wildman–Crippen MR) is 68.2 cm³/mol. The van der Waals surface area contributed by atoms with Gasteiger partial charge in [0, 0.05) is 13.1 Å². The second-order valence-corrected chi connectivity index (χ2v) is 6.40. The Kier molecular flexibility index (Phi) is 3.35. The molecule has 1 aliphatic rings. The minimum absolute atomic E-state index is 0.287. The summed E-state index contributed by atoms with van der Waals surface area (Å²) in [6, 6.07) is 7.00. The summed E-state index contributed by atoms with van der Waals surface area (Å²) in [5.41, 5.74) is 1.06. The van der Waals surface area contributed by atoms with E-state index in [1.807, 2.05) is 25.1 Å². The summed E-state index contributed by atoms with van der Waals surface area (Å²) in [6.45, 7) is 6.81. The highest BCUT2D eigenvalue weighted by Gasteiger charge is 2.30. The van der Waals surface area contributed by atoms with Gasteiger partial charge in [0.15, 0.2) is 0 Å². The lowest BCUT2D eigenvalue weighted by atomic mass is 10.1. The number of hydrogen-bond donors (Lipinski definition) is 0. The van der Waals surface area contributed by atoms with Crippen molar-refractivity contribution in [3.63, 3.8) is 0 Å². The molecular weight excluding hydrogens is 234 g/mol. The largest absolute Gasteiger partial charge is 0.243 e. The topological polar surface area (TPSA) is 37.4 Å². The first-order valence-corrected chi connectivity index (χ1v) is 7.17. The van der Waals surface area contributed by atoms with Gasteiger partial charge in [0.05, 0.1) is 4.90 Å². The van der Waals surface area contributed by atoms with Crippen LogP contribution in [0.2, 0.25) is 0 Å². The normalized spacial score (nSPS) is 21.6. The fourth-order valence-corrected chi connectivity index (χ4v) is 3.54. The summed E-state index contributed by atoms with van der Waals surface area (Å²) in [5.74, 6) is 0.287. The summed E-state index contributed by atoms with van der Waals surface area (Å²) >= 11 is 0. The van der Waals surface area contributed by atoms with Crippen molar-refractivity contribution in [3.05, 3.63) is 42.5 Å². The number of nitrogens with zero attached hydrogens (tertiary/aromatic N) is 1. The number of benzene rings is 1. The lowest BCUT2D eigenvalue weighted by Crippen LogP contribution is -2.28. The zero-order valence-corrected chi connectivity index (χ0v) is 10.8. The molecule has 1 atom stereocenters. The van der Waals surface area contributed by atoms with Gasteiger partial charge >= 0.3 is 0 Å². The molecule has 4 heteroatoms. The predicted octanol–water partition coefficient (Wildman–Crippen LogP) is 2.19. The molecule has 1 saturated heterocycles. The third kappa shape index (κ3) is 2.42. The minimum atomic E-state index is -3.31. The molecule has 0 bridgehead atoms. The molecule has 0 N–H and O–H groups in total. The molecule has 0 aromatic heterocycles. The number of hydrogen-bond acceptors (Lipinski definition) is 2. The zero-order chi connectivity index (χ0) is 12.5. The van der Waals surface area contributed by atoms with Crippen LogP contribution < -0.4 is 0 Å².